The van der Waals surface area contributed by atoms with Crippen molar-refractivity contribution in [2.45, 2.75) is 50.9 Å². The Bertz CT molecular complexity index is 870. The molecule has 1 aliphatic carbocycles. The predicted octanol–water partition coefficient (Wildman–Crippen LogP) is 4.40. The lowest BCUT2D eigenvalue weighted by Crippen LogP contribution is -2.53. The van der Waals surface area contributed by atoms with E-state index in [1.54, 1.807) is 23.1 Å². The van der Waals surface area contributed by atoms with Crippen LogP contribution in [0.15, 0.2) is 24.3 Å². The molecule has 3 aliphatic rings. The Morgan fingerprint density at radius 2 is 1.82 bits per heavy atom. The van der Waals surface area contributed by atoms with E-state index in [4.69, 9.17) is 21.1 Å². The lowest BCUT2D eigenvalue weighted by atomic mass is 9.76. The smallest absolute Gasteiger partial charge is 0.248 e. The number of piperidine rings is 1. The minimum absolute atomic E-state index is 0.0320. The van der Waals surface area contributed by atoms with Gasteiger partial charge in [0, 0.05) is 61.8 Å². The van der Waals surface area contributed by atoms with Crippen molar-refractivity contribution in [2.24, 2.45) is 11.3 Å². The zero-order valence-corrected chi connectivity index (χ0v) is 20.2. The number of rotatable bonds is 6. The number of likely N-dealkylation sites (tertiary alicyclic amines) is 1. The summed E-state index contributed by atoms with van der Waals surface area (Å²) in [5, 5.41) is 0.561. The van der Waals surface area contributed by atoms with Gasteiger partial charge in [-0.1, -0.05) is 17.7 Å². The van der Waals surface area contributed by atoms with E-state index in [9.17, 15) is 18.4 Å². The molecule has 2 saturated heterocycles. The molecule has 0 radical (unpaired) electrons. The van der Waals surface area contributed by atoms with E-state index >= 15 is 0 Å². The van der Waals surface area contributed by atoms with E-state index in [0.29, 0.717) is 50.2 Å². The SMILES string of the molecule is O=C(C[C@]1(COc2cccc(Cl)c2)CCCN(C(=O)C2CCC(F)(F)CC2)C1)N1CCOCC1. The van der Waals surface area contributed by atoms with Gasteiger partial charge in [-0.25, -0.2) is 8.78 Å². The van der Waals surface area contributed by atoms with Crippen molar-refractivity contribution in [1.82, 2.24) is 9.80 Å². The molecule has 1 aromatic carbocycles. The first-order valence-electron chi connectivity index (χ1n) is 12.2. The summed E-state index contributed by atoms with van der Waals surface area (Å²) < 4.78 is 38.7. The Labute approximate surface area is 204 Å². The molecule has 1 aromatic rings. The lowest BCUT2D eigenvalue weighted by Gasteiger charge is -2.44. The van der Waals surface area contributed by atoms with Gasteiger partial charge in [-0.2, -0.15) is 0 Å². The normalized spacial score (nSPS) is 25.7. The number of ether oxygens (including phenoxy) is 2. The molecule has 1 saturated carbocycles. The van der Waals surface area contributed by atoms with Crippen molar-refractivity contribution in [3.63, 3.8) is 0 Å². The highest BCUT2D eigenvalue weighted by molar-refractivity contribution is 6.30. The Morgan fingerprint density at radius 3 is 2.53 bits per heavy atom. The van der Waals surface area contributed by atoms with Gasteiger partial charge < -0.3 is 19.3 Å². The van der Waals surface area contributed by atoms with Crippen molar-refractivity contribution >= 4 is 23.4 Å². The standard InChI is InChI=1S/C25H33ClF2N2O4/c26-20-3-1-4-21(15-20)34-18-24(16-22(31)29-11-13-33-14-12-29)7-2-10-30(17-24)23(32)19-5-8-25(27,28)9-6-19/h1,3-4,15,19H,2,5-14,16-18H2/t24-/m1/s1. The van der Waals surface area contributed by atoms with E-state index < -0.39 is 11.3 Å². The summed E-state index contributed by atoms with van der Waals surface area (Å²) in [7, 11) is 0. The quantitative estimate of drug-likeness (QED) is 0.583. The Hall–Kier alpha value is -1.93. The summed E-state index contributed by atoms with van der Waals surface area (Å²) in [6.45, 7) is 3.40. The van der Waals surface area contributed by atoms with Gasteiger partial charge in [0.05, 0.1) is 19.8 Å². The molecule has 0 bridgehead atoms. The van der Waals surface area contributed by atoms with Crippen LogP contribution in [0, 0.1) is 11.3 Å². The molecule has 0 N–H and O–H groups in total. The van der Waals surface area contributed by atoms with Crippen LogP contribution in [0.1, 0.15) is 44.9 Å². The summed E-state index contributed by atoms with van der Waals surface area (Å²) in [6, 6.07) is 7.12. The molecule has 2 heterocycles. The van der Waals surface area contributed by atoms with E-state index in [1.165, 1.54) is 0 Å². The van der Waals surface area contributed by atoms with Gasteiger partial charge in [0.2, 0.25) is 17.7 Å². The molecular formula is C25H33ClF2N2O4. The van der Waals surface area contributed by atoms with E-state index in [-0.39, 0.29) is 56.4 Å². The van der Waals surface area contributed by atoms with E-state index in [1.807, 2.05) is 11.0 Å². The topological polar surface area (TPSA) is 59.1 Å². The van der Waals surface area contributed by atoms with Gasteiger partial charge in [-0.15, -0.1) is 0 Å². The Balaban J connectivity index is 1.47. The molecule has 9 heteroatoms. The fraction of sp³-hybridized carbons (Fsp3) is 0.680. The fourth-order valence-corrected chi connectivity index (χ4v) is 5.47. The third-order valence-corrected chi connectivity index (χ3v) is 7.51. The third-order valence-electron chi connectivity index (χ3n) is 7.27. The van der Waals surface area contributed by atoms with Gasteiger partial charge in [0.25, 0.3) is 0 Å². The highest BCUT2D eigenvalue weighted by Gasteiger charge is 2.44. The number of halogens is 3. The first kappa shape index (κ1) is 25.2. The zero-order valence-electron chi connectivity index (χ0n) is 19.4. The summed E-state index contributed by atoms with van der Waals surface area (Å²) >= 11 is 6.10. The third kappa shape index (κ3) is 6.39. The molecule has 188 valence electrons. The summed E-state index contributed by atoms with van der Waals surface area (Å²) in [5.74, 6) is -2.47. The van der Waals surface area contributed by atoms with Gasteiger partial charge in [-0.3, -0.25) is 9.59 Å². The van der Waals surface area contributed by atoms with Crippen molar-refractivity contribution < 1.29 is 27.8 Å². The second-order valence-electron chi connectivity index (χ2n) is 9.91. The highest BCUT2D eigenvalue weighted by Crippen LogP contribution is 2.40. The van der Waals surface area contributed by atoms with Crippen molar-refractivity contribution in [3.05, 3.63) is 29.3 Å². The molecule has 0 spiro atoms. The van der Waals surface area contributed by atoms with Crippen molar-refractivity contribution in [2.75, 3.05) is 46.0 Å². The van der Waals surface area contributed by atoms with Crippen LogP contribution in [0.5, 0.6) is 5.75 Å². The number of benzene rings is 1. The maximum absolute atomic E-state index is 13.6. The number of nitrogens with zero attached hydrogens (tertiary/aromatic N) is 2. The molecule has 6 nitrogen and oxygen atoms in total. The van der Waals surface area contributed by atoms with Crippen LogP contribution in [0.3, 0.4) is 0 Å². The molecular weight excluding hydrogens is 466 g/mol. The number of carbonyl (C=O) groups is 2. The highest BCUT2D eigenvalue weighted by atomic mass is 35.5. The summed E-state index contributed by atoms with van der Waals surface area (Å²) in [6.07, 6.45) is 1.69. The fourth-order valence-electron chi connectivity index (χ4n) is 5.29. The van der Waals surface area contributed by atoms with Crippen LogP contribution >= 0.6 is 11.6 Å². The Kier molecular flexibility index (Phi) is 7.97. The number of alkyl halides is 2. The van der Waals surface area contributed by atoms with Gasteiger partial charge in [-0.05, 0) is 43.9 Å². The second-order valence-corrected chi connectivity index (χ2v) is 10.3. The lowest BCUT2D eigenvalue weighted by molar-refractivity contribution is -0.148. The number of hydrogen-bond acceptors (Lipinski definition) is 4. The number of amides is 2. The van der Waals surface area contributed by atoms with Crippen molar-refractivity contribution in [3.8, 4) is 5.75 Å². The second kappa shape index (κ2) is 10.8. The molecule has 3 fully saturated rings. The van der Waals surface area contributed by atoms with E-state index in [2.05, 4.69) is 0 Å². The first-order chi connectivity index (χ1) is 16.3. The number of morpholine rings is 1. The molecule has 0 unspecified atom stereocenters. The van der Waals surface area contributed by atoms with Crippen LogP contribution in [-0.2, 0) is 14.3 Å². The molecule has 2 aliphatic heterocycles. The van der Waals surface area contributed by atoms with Crippen LogP contribution in [0.4, 0.5) is 8.78 Å². The molecule has 1 atom stereocenters. The van der Waals surface area contributed by atoms with Crippen LogP contribution in [0.2, 0.25) is 5.02 Å². The molecule has 34 heavy (non-hydrogen) atoms. The number of carbonyl (C=O) groups excluding carboxylic acids is 2. The van der Waals surface area contributed by atoms with E-state index in [0.717, 1.165) is 12.8 Å². The van der Waals surface area contributed by atoms with Gasteiger partial charge >= 0.3 is 0 Å². The minimum atomic E-state index is -2.67. The summed E-state index contributed by atoms with van der Waals surface area (Å²) in [5.41, 5.74) is -0.551. The van der Waals surface area contributed by atoms with Gasteiger partial charge in [0.1, 0.15) is 5.75 Å². The number of hydrogen-bond donors (Lipinski definition) is 0. The van der Waals surface area contributed by atoms with Crippen LogP contribution in [-0.4, -0.2) is 73.5 Å². The zero-order chi connectivity index (χ0) is 24.2. The predicted molar refractivity (Wildman–Crippen MR) is 124 cm³/mol. The monoisotopic (exact) mass is 498 g/mol. The van der Waals surface area contributed by atoms with Crippen LogP contribution < -0.4 is 4.74 Å². The van der Waals surface area contributed by atoms with Crippen LogP contribution in [0.25, 0.3) is 0 Å². The van der Waals surface area contributed by atoms with Gasteiger partial charge in [0.15, 0.2) is 0 Å². The molecule has 4 rings (SSSR count). The maximum Gasteiger partial charge on any atom is 0.248 e. The first-order valence-corrected chi connectivity index (χ1v) is 12.5. The average molecular weight is 499 g/mol. The van der Waals surface area contributed by atoms with Crippen molar-refractivity contribution in [1.29, 1.82) is 0 Å². The summed E-state index contributed by atoms with van der Waals surface area (Å²) in [4.78, 5) is 30.1. The molecule has 2 amide bonds. The Morgan fingerprint density at radius 1 is 1.09 bits per heavy atom. The average Bonchev–Trinajstić information content (AvgIpc) is 2.83. The molecule has 0 aromatic heterocycles. The minimum Gasteiger partial charge on any atom is -0.493 e. The largest absolute Gasteiger partial charge is 0.493 e. The maximum atomic E-state index is 13.6.